The average molecular weight is 109 g/mol. The third kappa shape index (κ3) is 8.95. The summed E-state index contributed by atoms with van der Waals surface area (Å²) < 4.78 is 0. The summed E-state index contributed by atoms with van der Waals surface area (Å²) >= 11 is 0. The first-order chi connectivity index (χ1) is 2.27. The quantitative estimate of drug-likeness (QED) is 0.365. The van der Waals surface area contributed by atoms with E-state index < -0.39 is 0 Å². The van der Waals surface area contributed by atoms with Gasteiger partial charge in [0.25, 0.3) is 0 Å². The van der Waals surface area contributed by atoms with Crippen LogP contribution >= 0.6 is 0 Å². The van der Waals surface area contributed by atoms with Crippen molar-refractivity contribution in [3.05, 3.63) is 17.6 Å². The summed E-state index contributed by atoms with van der Waals surface area (Å²) in [5.41, 5.74) is 0.880. The Morgan fingerprint density at radius 1 is 1.67 bits per heavy atom. The molecule has 1 nitrogen and oxygen atoms in total. The second-order valence-corrected chi connectivity index (χ2v) is 0.959. The smallest absolute Gasteiger partial charge is 0.691 e. The minimum absolute atomic E-state index is 0. The van der Waals surface area contributed by atoms with Crippen LogP contribution < -0.4 is 51.4 Å². The second kappa shape index (κ2) is 6.18. The zero-order chi connectivity index (χ0) is 4.28. The van der Waals surface area contributed by atoms with Crippen molar-refractivity contribution in [1.29, 1.82) is 0 Å². The van der Waals surface area contributed by atoms with Crippen molar-refractivity contribution < 1.29 is 51.4 Å². The van der Waals surface area contributed by atoms with Gasteiger partial charge in [0, 0.05) is 0 Å². The summed E-state index contributed by atoms with van der Waals surface area (Å²) in [6.45, 7) is 5.37. The van der Waals surface area contributed by atoms with Crippen molar-refractivity contribution in [1.82, 2.24) is 0 Å². The molecule has 0 radical (unpaired) electrons. The van der Waals surface area contributed by atoms with Crippen molar-refractivity contribution >= 4 is 0 Å². The van der Waals surface area contributed by atoms with Crippen LogP contribution in [0.2, 0.25) is 0 Å². The van der Waals surface area contributed by atoms with Gasteiger partial charge in [-0.2, -0.15) is 5.70 Å². The molecule has 2 heteroatoms. The summed E-state index contributed by atoms with van der Waals surface area (Å²) in [6.07, 6.45) is 0. The first kappa shape index (κ1) is 10.2. The molecule has 0 unspecified atom stereocenters. The van der Waals surface area contributed by atoms with Crippen LogP contribution in [-0.4, -0.2) is 7.05 Å². The van der Waals surface area contributed by atoms with Crippen LogP contribution in [-0.2, 0) is 0 Å². The van der Waals surface area contributed by atoms with Crippen molar-refractivity contribution in [2.75, 3.05) is 7.05 Å². The van der Waals surface area contributed by atoms with Gasteiger partial charge in [0.05, 0.1) is 0 Å². The van der Waals surface area contributed by atoms with E-state index in [0.717, 1.165) is 5.70 Å². The average Bonchev–Trinajstić information content (AvgIpc) is 1.38. The Kier molecular flexibility index (Phi) is 10.5. The molecule has 0 amide bonds. The molecule has 0 saturated heterocycles. The van der Waals surface area contributed by atoms with E-state index >= 15 is 0 Å². The number of nitrogens with zero attached hydrogens (tertiary/aromatic N) is 1. The summed E-state index contributed by atoms with van der Waals surface area (Å²) in [5, 5.41) is 3.69. The zero-order valence-electron chi connectivity index (χ0n) is 4.65. The predicted molar refractivity (Wildman–Crippen MR) is 24.1 cm³/mol. The Balaban J connectivity index is 0. The molecule has 0 fully saturated rings. The SMILES string of the molecule is C=C(C)[N-]C.[K+]. The first-order valence-electron chi connectivity index (χ1n) is 1.52. The van der Waals surface area contributed by atoms with E-state index in [2.05, 4.69) is 11.9 Å². The molecule has 0 bridgehead atoms. The van der Waals surface area contributed by atoms with Gasteiger partial charge in [0.15, 0.2) is 0 Å². The Morgan fingerprint density at radius 2 is 1.83 bits per heavy atom. The van der Waals surface area contributed by atoms with Crippen molar-refractivity contribution in [3.8, 4) is 0 Å². The van der Waals surface area contributed by atoms with Gasteiger partial charge in [-0.1, -0.05) is 6.92 Å². The normalized spacial score (nSPS) is 5.67. The number of hydrogen-bond acceptors (Lipinski definition) is 0. The molecule has 30 valence electrons. The van der Waals surface area contributed by atoms with Crippen LogP contribution in [0, 0.1) is 0 Å². The standard InChI is InChI=1S/C4H8N.K/c1-4(2)5-3;/h1H2,2-3H3;/q-1;+1. The topological polar surface area (TPSA) is 14.1 Å². The van der Waals surface area contributed by atoms with Gasteiger partial charge in [-0.05, 0) is 0 Å². The molecule has 0 N–H and O–H groups in total. The molecular weight excluding hydrogens is 101 g/mol. The molecule has 0 aliphatic rings. The van der Waals surface area contributed by atoms with Gasteiger partial charge in [-0.25, -0.2) is 0 Å². The molecule has 0 aromatic heterocycles. The van der Waals surface area contributed by atoms with Crippen LogP contribution in [0.4, 0.5) is 0 Å². The second-order valence-electron chi connectivity index (χ2n) is 0.959. The van der Waals surface area contributed by atoms with Gasteiger partial charge >= 0.3 is 51.4 Å². The van der Waals surface area contributed by atoms with Gasteiger partial charge in [-0.15, -0.1) is 13.6 Å². The zero-order valence-corrected chi connectivity index (χ0v) is 7.78. The predicted octanol–water partition coefficient (Wildman–Crippen LogP) is -1.47. The summed E-state index contributed by atoms with van der Waals surface area (Å²) in [6, 6.07) is 0. The van der Waals surface area contributed by atoms with E-state index in [1.807, 2.05) is 6.92 Å². The summed E-state index contributed by atoms with van der Waals surface area (Å²) in [5.74, 6) is 0. The Morgan fingerprint density at radius 3 is 1.83 bits per heavy atom. The van der Waals surface area contributed by atoms with E-state index in [0.29, 0.717) is 0 Å². The molecule has 0 heterocycles. The number of allylic oxidation sites excluding steroid dienone is 1. The molecular formula is C4H8KN. The fraction of sp³-hybridized carbons (Fsp3) is 0.500. The van der Waals surface area contributed by atoms with Crippen LogP contribution in [0.5, 0.6) is 0 Å². The van der Waals surface area contributed by atoms with Crippen LogP contribution in [0.1, 0.15) is 6.92 Å². The largest absolute Gasteiger partial charge is 1.00 e. The molecule has 0 aliphatic heterocycles. The molecule has 0 rings (SSSR count). The van der Waals surface area contributed by atoms with E-state index in [1.54, 1.807) is 7.05 Å². The fourth-order valence-corrected chi connectivity index (χ4v) is 0. The molecule has 0 spiro atoms. The van der Waals surface area contributed by atoms with Crippen molar-refractivity contribution in [2.45, 2.75) is 6.92 Å². The molecule has 0 atom stereocenters. The maximum Gasteiger partial charge on any atom is 1.00 e. The minimum atomic E-state index is 0. The molecule has 6 heavy (non-hydrogen) atoms. The van der Waals surface area contributed by atoms with Crippen LogP contribution in [0.15, 0.2) is 12.3 Å². The molecule has 0 saturated carbocycles. The van der Waals surface area contributed by atoms with E-state index in [1.165, 1.54) is 0 Å². The van der Waals surface area contributed by atoms with Crippen molar-refractivity contribution in [2.24, 2.45) is 0 Å². The van der Waals surface area contributed by atoms with Gasteiger partial charge in [-0.3, -0.25) is 0 Å². The number of rotatable bonds is 1. The Labute approximate surface area is 81.6 Å². The maximum atomic E-state index is 3.69. The minimum Gasteiger partial charge on any atom is -0.691 e. The van der Waals surface area contributed by atoms with Gasteiger partial charge < -0.3 is 5.32 Å². The van der Waals surface area contributed by atoms with E-state index in [4.69, 9.17) is 0 Å². The monoisotopic (exact) mass is 109 g/mol. The number of hydrogen-bond donors (Lipinski definition) is 0. The Hall–Kier alpha value is 1.18. The maximum absolute atomic E-state index is 3.69. The van der Waals surface area contributed by atoms with E-state index in [-0.39, 0.29) is 51.4 Å². The molecule has 0 aromatic carbocycles. The fourth-order valence-electron chi connectivity index (χ4n) is 0. The van der Waals surface area contributed by atoms with Crippen molar-refractivity contribution in [3.63, 3.8) is 0 Å². The van der Waals surface area contributed by atoms with Crippen LogP contribution in [0.3, 0.4) is 0 Å². The third-order valence-corrected chi connectivity index (χ3v) is 0.382. The summed E-state index contributed by atoms with van der Waals surface area (Å²) in [4.78, 5) is 0. The van der Waals surface area contributed by atoms with Crippen LogP contribution in [0.25, 0.3) is 5.32 Å². The van der Waals surface area contributed by atoms with E-state index in [9.17, 15) is 0 Å². The molecule has 0 aromatic rings. The first-order valence-corrected chi connectivity index (χ1v) is 1.52. The summed E-state index contributed by atoms with van der Waals surface area (Å²) in [7, 11) is 1.72. The Bertz CT molecular complexity index is 42.8. The van der Waals surface area contributed by atoms with Gasteiger partial charge in [0.1, 0.15) is 0 Å². The molecule has 0 aliphatic carbocycles. The van der Waals surface area contributed by atoms with Gasteiger partial charge in [0.2, 0.25) is 0 Å². The third-order valence-electron chi connectivity index (χ3n) is 0.382.